The molecule has 0 unspecified atom stereocenters. The topological polar surface area (TPSA) is 63.6 Å². The predicted octanol–water partition coefficient (Wildman–Crippen LogP) is 3.91. The highest BCUT2D eigenvalue weighted by Crippen LogP contribution is 1.87. The summed E-state index contributed by atoms with van der Waals surface area (Å²) in [6, 6.07) is 0. The number of ether oxygens (including phenoxy) is 1. The lowest BCUT2D eigenvalue weighted by molar-refractivity contribution is -0.136. The molecule has 0 rings (SSSR count). The fourth-order valence-corrected chi connectivity index (χ4v) is 0.174. The summed E-state index contributed by atoms with van der Waals surface area (Å²) < 4.78 is 4.27. The number of methoxy groups -OCH3 is 1. The van der Waals surface area contributed by atoms with Crippen LogP contribution in [0.5, 0.6) is 0 Å². The molecular formula is C15H38BO4. The summed E-state index contributed by atoms with van der Waals surface area (Å²) in [5.41, 5.74) is 1.05. The van der Waals surface area contributed by atoms with Gasteiger partial charge in [-0.1, -0.05) is 42.9 Å². The van der Waals surface area contributed by atoms with Crippen molar-refractivity contribution in [1.82, 2.24) is 0 Å². The molecule has 4 nitrogen and oxygen atoms in total. The number of allylic oxidation sites excluding steroid dienone is 1. The summed E-state index contributed by atoms with van der Waals surface area (Å²) in [5.74, 6) is -0.282. The fraction of sp³-hybridized carbons (Fsp3) is 0.600. The highest BCUT2D eigenvalue weighted by Gasteiger charge is 1.95. The van der Waals surface area contributed by atoms with Crippen LogP contribution in [0.25, 0.3) is 0 Å². The van der Waals surface area contributed by atoms with E-state index in [1.54, 1.807) is 13.8 Å². The van der Waals surface area contributed by atoms with Crippen molar-refractivity contribution in [1.29, 1.82) is 0 Å². The Morgan fingerprint density at radius 3 is 1.10 bits per heavy atom. The van der Waals surface area contributed by atoms with Gasteiger partial charge in [0.2, 0.25) is 0 Å². The van der Waals surface area contributed by atoms with Crippen LogP contribution >= 0.6 is 0 Å². The Hall–Kier alpha value is -1.36. The van der Waals surface area contributed by atoms with Gasteiger partial charge in [0.05, 0.1) is 7.11 Å². The van der Waals surface area contributed by atoms with Crippen molar-refractivity contribution in [2.75, 3.05) is 14.2 Å². The second-order valence-electron chi connectivity index (χ2n) is 2.61. The summed E-state index contributed by atoms with van der Waals surface area (Å²) in [5, 5.41) is 7.00. The molecule has 1 N–H and O–H groups in total. The summed E-state index contributed by atoms with van der Waals surface area (Å²) in [4.78, 5) is 20.2. The Labute approximate surface area is 131 Å². The Bertz CT molecular complexity index is 230. The Morgan fingerprint density at radius 2 is 1.10 bits per heavy atom. The average molecular weight is 294 g/mol. The molecule has 0 aromatic carbocycles. The standard InChI is InChI=1S/C5H8O2.C5H8O.CH4O.4CH4.B.H2/c1-4(2)5(6)7-3;1-4(2)5(3)6;1-2;;;;;;/h1H2,2-3H3;1H2,2-3H3;2H,1H3;4*1H4;;1H/i;;;;;;;;1+1. The van der Waals surface area contributed by atoms with E-state index in [4.69, 9.17) is 5.11 Å². The van der Waals surface area contributed by atoms with Gasteiger partial charge in [0.25, 0.3) is 0 Å². The largest absolute Gasteiger partial charge is 0.466 e. The Kier molecular flexibility index (Phi) is 92.3. The van der Waals surface area contributed by atoms with Crippen LogP contribution in [0, 0.1) is 0 Å². The average Bonchev–Trinajstić information content (AvgIpc) is 2.20. The molecule has 0 saturated heterocycles. The van der Waals surface area contributed by atoms with Gasteiger partial charge in [0.15, 0.2) is 5.78 Å². The van der Waals surface area contributed by atoms with Crippen LogP contribution in [0.15, 0.2) is 24.3 Å². The molecule has 0 aliphatic heterocycles. The van der Waals surface area contributed by atoms with Gasteiger partial charge in [-0.05, 0) is 26.3 Å². The van der Waals surface area contributed by atoms with E-state index in [1.165, 1.54) is 14.0 Å². The van der Waals surface area contributed by atoms with Crippen LogP contribution < -0.4 is 0 Å². The number of hydrogen-bond donors (Lipinski definition) is 1. The summed E-state index contributed by atoms with van der Waals surface area (Å²) >= 11 is 0. The summed E-state index contributed by atoms with van der Waals surface area (Å²) in [6.45, 7) is 11.6. The van der Waals surface area contributed by atoms with Crippen LogP contribution in [0.3, 0.4) is 0 Å². The number of aliphatic hydroxyl groups is 1. The highest BCUT2D eigenvalue weighted by atomic mass is 16.5. The first-order valence-electron chi connectivity index (χ1n) is 4.17. The normalized spacial score (nSPS) is 5.30. The fourth-order valence-electron chi connectivity index (χ4n) is 0.174. The van der Waals surface area contributed by atoms with E-state index in [-0.39, 0.29) is 51.3 Å². The van der Waals surface area contributed by atoms with E-state index >= 15 is 0 Å². The number of hydrogen-bond acceptors (Lipinski definition) is 4. The lowest BCUT2D eigenvalue weighted by Crippen LogP contribution is -1.98. The number of ketones is 1. The molecule has 0 saturated carbocycles. The first-order chi connectivity index (χ1) is 6.82. The third-order valence-corrected chi connectivity index (χ3v) is 1.13. The zero-order valence-electron chi connectivity index (χ0n) is 10.7. The Balaban J connectivity index is -0.0000000140. The van der Waals surface area contributed by atoms with Gasteiger partial charge in [-0.15, -0.1) is 0 Å². The Morgan fingerprint density at radius 1 is 0.900 bits per heavy atom. The van der Waals surface area contributed by atoms with Gasteiger partial charge in [-0.2, -0.15) is 0 Å². The highest BCUT2D eigenvalue weighted by molar-refractivity contribution is 5.91. The van der Waals surface area contributed by atoms with E-state index < -0.39 is 0 Å². The second kappa shape index (κ2) is 36.1. The molecule has 0 aromatic rings. The number of carbonyl (C=O) groups is 2. The minimum Gasteiger partial charge on any atom is -0.466 e. The van der Waals surface area contributed by atoms with Gasteiger partial charge in [-0.25, -0.2) is 4.79 Å². The van der Waals surface area contributed by atoms with E-state index in [9.17, 15) is 9.59 Å². The van der Waals surface area contributed by atoms with Gasteiger partial charge < -0.3 is 9.84 Å². The molecule has 0 bridgehead atoms. The smallest absolute Gasteiger partial charge is 0.332 e. The molecule has 0 aromatic heterocycles. The van der Waals surface area contributed by atoms with Crippen molar-refractivity contribution in [3.05, 3.63) is 24.3 Å². The quantitative estimate of drug-likeness (QED) is 0.476. The summed E-state index contributed by atoms with van der Waals surface area (Å²) in [7, 11) is 2.33. The number of esters is 1. The maximum atomic E-state index is 10.2. The third-order valence-electron chi connectivity index (χ3n) is 1.13. The first-order valence-corrected chi connectivity index (χ1v) is 4.17. The summed E-state index contributed by atoms with van der Waals surface area (Å²) in [6.07, 6.45) is 0. The monoisotopic (exact) mass is 294 g/mol. The number of carbonyl (C=O) groups excluding carboxylic acids is 2. The van der Waals surface area contributed by atoms with Crippen LogP contribution in [0.2, 0.25) is 0 Å². The molecule has 0 fully saturated rings. The van der Waals surface area contributed by atoms with Crippen molar-refractivity contribution in [2.45, 2.75) is 50.5 Å². The second-order valence-corrected chi connectivity index (χ2v) is 2.61. The van der Waals surface area contributed by atoms with Crippen LogP contribution in [-0.2, 0) is 14.3 Å². The lowest BCUT2D eigenvalue weighted by atomic mass is 10.3. The molecule has 0 aliphatic carbocycles. The zero-order chi connectivity index (χ0) is 13.0. The van der Waals surface area contributed by atoms with Crippen molar-refractivity contribution < 1.29 is 20.9 Å². The van der Waals surface area contributed by atoms with Crippen molar-refractivity contribution in [3.63, 3.8) is 0 Å². The van der Waals surface area contributed by atoms with Crippen molar-refractivity contribution in [3.8, 4) is 0 Å². The molecule has 0 amide bonds. The van der Waals surface area contributed by atoms with Crippen LogP contribution in [0.1, 0.15) is 51.9 Å². The van der Waals surface area contributed by atoms with E-state index in [2.05, 4.69) is 17.9 Å². The van der Waals surface area contributed by atoms with Crippen molar-refractivity contribution in [2.24, 2.45) is 0 Å². The maximum absolute atomic E-state index is 10.2. The molecule has 0 heterocycles. The van der Waals surface area contributed by atoms with Gasteiger partial charge in [-0.3, -0.25) is 4.79 Å². The van der Waals surface area contributed by atoms with Gasteiger partial charge in [0, 0.05) is 22.5 Å². The molecule has 125 valence electrons. The molecule has 0 spiro atoms. The van der Waals surface area contributed by atoms with E-state index in [0.29, 0.717) is 11.1 Å². The van der Waals surface area contributed by atoms with Crippen LogP contribution in [0.4, 0.5) is 0 Å². The molecule has 0 atom stereocenters. The minimum atomic E-state index is -0.347. The number of Topliss-reactive ketones (excluding diaryl/α,β-unsaturated/α-hetero) is 1. The van der Waals surface area contributed by atoms with E-state index in [0.717, 1.165) is 7.11 Å². The lowest BCUT2D eigenvalue weighted by Gasteiger charge is -1.91. The van der Waals surface area contributed by atoms with E-state index in [1.807, 2.05) is 0 Å². The minimum absolute atomic E-state index is 0. The molecular weight excluding hydrogens is 255 g/mol. The number of rotatable bonds is 2. The predicted molar refractivity (Wildman–Crippen MR) is 95.3 cm³/mol. The molecule has 20 heavy (non-hydrogen) atoms. The zero-order valence-corrected chi connectivity index (χ0v) is 10.7. The first kappa shape index (κ1) is 51.2. The number of aliphatic hydroxyl groups excluding tert-OH is 1. The van der Waals surface area contributed by atoms with Gasteiger partial charge in [0.1, 0.15) is 0 Å². The molecule has 0 aliphatic rings. The van der Waals surface area contributed by atoms with Crippen molar-refractivity contribution >= 4 is 20.2 Å². The third kappa shape index (κ3) is 54.5. The SMILES string of the molecule is C.C.C.C.C=C(C)C(=O)OC.C=C(C)C(C)=O.CO.[2HH].[B]. The maximum Gasteiger partial charge on any atom is 0.332 e. The van der Waals surface area contributed by atoms with Crippen LogP contribution in [-0.4, -0.2) is 39.5 Å². The molecule has 5 heteroatoms. The molecule has 3 radical (unpaired) electrons. The van der Waals surface area contributed by atoms with Gasteiger partial charge >= 0.3 is 5.97 Å².